The smallest absolute Gasteiger partial charge is 0.128 e. The molecule has 5 nitrogen and oxygen atoms in total. The fraction of sp³-hybridized carbons (Fsp3) is 0.278. The molecule has 0 fully saturated rings. The van der Waals surface area contributed by atoms with Gasteiger partial charge in [-0.25, -0.2) is 0 Å². The molecule has 1 aromatic heterocycles. The maximum Gasteiger partial charge on any atom is 0.128 e. The van der Waals surface area contributed by atoms with Crippen molar-refractivity contribution >= 4 is 22.5 Å². The van der Waals surface area contributed by atoms with Gasteiger partial charge in [0.25, 0.3) is 0 Å². The maximum absolute atomic E-state index is 5.99. The molecule has 0 amide bonds. The second kappa shape index (κ2) is 7.66. The third-order valence-corrected chi connectivity index (χ3v) is 4.00. The Labute approximate surface area is 146 Å². The molecule has 0 radical (unpaired) electrons. The van der Waals surface area contributed by atoms with Crippen molar-refractivity contribution in [3.63, 3.8) is 0 Å². The fourth-order valence-corrected chi connectivity index (χ4v) is 2.69. The average Bonchev–Trinajstić information content (AvgIpc) is 2.95. The van der Waals surface area contributed by atoms with Crippen LogP contribution in [-0.4, -0.2) is 41.9 Å². The molecule has 1 heterocycles. The fourth-order valence-electron chi connectivity index (χ4n) is 2.51. The summed E-state index contributed by atoms with van der Waals surface area (Å²) in [5.74, 6) is 1.49. The van der Waals surface area contributed by atoms with Crippen LogP contribution in [0.5, 0.6) is 11.5 Å². The molecule has 0 atom stereocenters. The number of hydrogen-bond acceptors (Lipinski definition) is 4. The van der Waals surface area contributed by atoms with Gasteiger partial charge in [0.2, 0.25) is 0 Å². The van der Waals surface area contributed by atoms with Gasteiger partial charge in [-0.2, -0.15) is 5.10 Å². The van der Waals surface area contributed by atoms with Crippen molar-refractivity contribution in [2.75, 3.05) is 27.2 Å². The minimum absolute atomic E-state index is 0.658. The van der Waals surface area contributed by atoms with Gasteiger partial charge < -0.3 is 10.1 Å². The Bertz CT molecular complexity index is 818. The molecular formula is C18H21ClN4O. The third-order valence-electron chi connectivity index (χ3n) is 3.76. The van der Waals surface area contributed by atoms with E-state index in [1.807, 2.05) is 54.3 Å². The normalized spacial score (nSPS) is 11.3. The number of ether oxygens (including phenoxy) is 1. The first-order chi connectivity index (χ1) is 11.7. The van der Waals surface area contributed by atoms with Gasteiger partial charge in [-0.3, -0.25) is 9.58 Å². The van der Waals surface area contributed by atoms with E-state index in [-0.39, 0.29) is 0 Å². The zero-order chi connectivity index (χ0) is 16.9. The van der Waals surface area contributed by atoms with Crippen molar-refractivity contribution < 1.29 is 4.74 Å². The van der Waals surface area contributed by atoms with E-state index in [1.165, 1.54) is 0 Å². The van der Waals surface area contributed by atoms with E-state index in [4.69, 9.17) is 16.3 Å². The standard InChI is InChI=1S/C18H21ClN4O/c1-20-8-9-22(2)13-23-18-7-6-17(10-14(18)12-21-23)24-16-5-3-4-15(19)11-16/h3-7,10-12,20H,8-9,13H2,1-2H3. The van der Waals surface area contributed by atoms with E-state index in [2.05, 4.69) is 22.4 Å². The molecule has 2 aromatic carbocycles. The zero-order valence-corrected chi connectivity index (χ0v) is 14.6. The quantitative estimate of drug-likeness (QED) is 0.711. The minimum Gasteiger partial charge on any atom is -0.457 e. The van der Waals surface area contributed by atoms with Crippen molar-refractivity contribution in [2.24, 2.45) is 0 Å². The van der Waals surface area contributed by atoms with Crippen molar-refractivity contribution in [1.29, 1.82) is 0 Å². The Balaban J connectivity index is 1.75. The SMILES string of the molecule is CNCCN(C)Cn1ncc2cc(Oc3cccc(Cl)c3)ccc21. The number of benzene rings is 2. The molecule has 3 rings (SSSR count). The van der Waals surface area contributed by atoms with Crippen LogP contribution in [-0.2, 0) is 6.67 Å². The lowest BCUT2D eigenvalue weighted by atomic mass is 10.2. The number of nitrogens with one attached hydrogen (secondary N) is 1. The van der Waals surface area contributed by atoms with Gasteiger partial charge in [0.1, 0.15) is 11.5 Å². The van der Waals surface area contributed by atoms with Gasteiger partial charge in [-0.1, -0.05) is 17.7 Å². The molecule has 1 N–H and O–H groups in total. The van der Waals surface area contributed by atoms with Crippen LogP contribution >= 0.6 is 11.6 Å². The lowest BCUT2D eigenvalue weighted by Gasteiger charge is -2.16. The molecule has 0 aliphatic heterocycles. The van der Waals surface area contributed by atoms with Crippen LogP contribution in [0.25, 0.3) is 10.9 Å². The molecule has 6 heteroatoms. The van der Waals surface area contributed by atoms with Gasteiger partial charge in [-0.05, 0) is 50.5 Å². The summed E-state index contributed by atoms with van der Waals surface area (Å²) in [6.45, 7) is 2.67. The molecule has 0 unspecified atom stereocenters. The average molecular weight is 345 g/mol. The minimum atomic E-state index is 0.658. The molecule has 3 aromatic rings. The summed E-state index contributed by atoms with van der Waals surface area (Å²) in [7, 11) is 4.04. The summed E-state index contributed by atoms with van der Waals surface area (Å²) in [6, 6.07) is 13.4. The molecule has 0 spiro atoms. The van der Waals surface area contributed by atoms with E-state index < -0.39 is 0 Å². The highest BCUT2D eigenvalue weighted by Crippen LogP contribution is 2.27. The molecule has 0 saturated carbocycles. The Morgan fingerprint density at radius 2 is 2.04 bits per heavy atom. The first-order valence-corrected chi connectivity index (χ1v) is 8.25. The van der Waals surface area contributed by atoms with Crippen LogP contribution in [0.15, 0.2) is 48.7 Å². The monoisotopic (exact) mass is 344 g/mol. The van der Waals surface area contributed by atoms with E-state index in [1.54, 1.807) is 6.07 Å². The number of likely N-dealkylation sites (N-methyl/N-ethyl adjacent to an activating group) is 2. The van der Waals surface area contributed by atoms with Gasteiger partial charge in [0, 0.05) is 23.5 Å². The highest BCUT2D eigenvalue weighted by Gasteiger charge is 2.07. The van der Waals surface area contributed by atoms with Crippen molar-refractivity contribution in [1.82, 2.24) is 20.0 Å². The highest BCUT2D eigenvalue weighted by atomic mass is 35.5. The van der Waals surface area contributed by atoms with Crippen LogP contribution in [0.3, 0.4) is 0 Å². The molecular weight excluding hydrogens is 324 g/mol. The van der Waals surface area contributed by atoms with E-state index in [9.17, 15) is 0 Å². The Morgan fingerprint density at radius 1 is 1.21 bits per heavy atom. The summed E-state index contributed by atoms with van der Waals surface area (Å²) in [5, 5.41) is 9.35. The first kappa shape index (κ1) is 16.8. The number of rotatable bonds is 7. The van der Waals surface area contributed by atoms with Gasteiger partial charge in [0.15, 0.2) is 0 Å². The molecule has 24 heavy (non-hydrogen) atoms. The van der Waals surface area contributed by atoms with E-state index in [0.29, 0.717) is 5.02 Å². The lowest BCUT2D eigenvalue weighted by Crippen LogP contribution is -2.29. The molecule has 126 valence electrons. The summed E-state index contributed by atoms with van der Waals surface area (Å²) < 4.78 is 7.86. The molecule has 0 aliphatic carbocycles. The Morgan fingerprint density at radius 3 is 2.83 bits per heavy atom. The predicted molar refractivity (Wildman–Crippen MR) is 97.8 cm³/mol. The predicted octanol–water partition coefficient (Wildman–Crippen LogP) is 3.59. The summed E-state index contributed by atoms with van der Waals surface area (Å²) in [6.07, 6.45) is 1.87. The van der Waals surface area contributed by atoms with Gasteiger partial charge >= 0.3 is 0 Å². The van der Waals surface area contributed by atoms with Crippen LogP contribution in [0.4, 0.5) is 0 Å². The lowest BCUT2D eigenvalue weighted by molar-refractivity contribution is 0.261. The van der Waals surface area contributed by atoms with Crippen LogP contribution in [0.1, 0.15) is 0 Å². The van der Waals surface area contributed by atoms with Crippen molar-refractivity contribution in [3.8, 4) is 11.5 Å². The summed E-state index contributed by atoms with van der Waals surface area (Å²) in [4.78, 5) is 2.22. The number of hydrogen-bond donors (Lipinski definition) is 1. The molecule has 0 saturated heterocycles. The van der Waals surface area contributed by atoms with Crippen LogP contribution in [0, 0.1) is 0 Å². The molecule has 0 aliphatic rings. The van der Waals surface area contributed by atoms with Crippen LogP contribution in [0.2, 0.25) is 5.02 Å². The Hall–Kier alpha value is -2.08. The van der Waals surface area contributed by atoms with Crippen molar-refractivity contribution in [3.05, 3.63) is 53.7 Å². The third kappa shape index (κ3) is 4.06. The first-order valence-electron chi connectivity index (χ1n) is 7.88. The largest absolute Gasteiger partial charge is 0.457 e. The topological polar surface area (TPSA) is 42.3 Å². The maximum atomic E-state index is 5.99. The van der Waals surface area contributed by atoms with Gasteiger partial charge in [0.05, 0.1) is 18.4 Å². The van der Waals surface area contributed by atoms with Crippen molar-refractivity contribution in [2.45, 2.75) is 6.67 Å². The number of aromatic nitrogens is 2. The highest BCUT2D eigenvalue weighted by molar-refractivity contribution is 6.30. The van der Waals surface area contributed by atoms with E-state index in [0.717, 1.165) is 42.2 Å². The van der Waals surface area contributed by atoms with Gasteiger partial charge in [-0.15, -0.1) is 0 Å². The van der Waals surface area contributed by atoms with E-state index >= 15 is 0 Å². The second-order valence-corrected chi connectivity index (χ2v) is 6.19. The number of nitrogens with zero attached hydrogens (tertiary/aromatic N) is 3. The summed E-state index contributed by atoms with van der Waals surface area (Å²) in [5.41, 5.74) is 1.09. The number of halogens is 1. The second-order valence-electron chi connectivity index (χ2n) is 5.75. The Kier molecular flexibility index (Phi) is 5.35. The number of fused-ring (bicyclic) bond motifs is 1. The van der Waals surface area contributed by atoms with Crippen LogP contribution < -0.4 is 10.1 Å². The summed E-state index contributed by atoms with van der Waals surface area (Å²) >= 11 is 5.99. The zero-order valence-electron chi connectivity index (χ0n) is 13.9. The molecule has 0 bridgehead atoms.